The van der Waals surface area contributed by atoms with Gasteiger partial charge in [0.25, 0.3) is 0 Å². The van der Waals surface area contributed by atoms with Crippen LogP contribution in [0.5, 0.6) is 0 Å². The second kappa shape index (κ2) is 9.84. The Balaban J connectivity index is 2.70. The van der Waals surface area contributed by atoms with Crippen molar-refractivity contribution in [2.75, 3.05) is 39.3 Å². The summed E-state index contributed by atoms with van der Waals surface area (Å²) in [5.74, 6) is -0.717. The third-order valence-electron chi connectivity index (χ3n) is 3.79. The Morgan fingerprint density at radius 1 is 1.33 bits per heavy atom. The van der Waals surface area contributed by atoms with Crippen molar-refractivity contribution in [3.8, 4) is 0 Å². The minimum Gasteiger partial charge on any atom is -0.444 e. The van der Waals surface area contributed by atoms with E-state index in [1.165, 1.54) is 0 Å². The molecule has 0 bridgehead atoms. The third-order valence-corrected chi connectivity index (χ3v) is 3.79. The topological polar surface area (TPSA) is 79.9 Å². The molecule has 0 aromatic carbocycles. The Labute approximate surface area is 148 Å². The van der Waals surface area contributed by atoms with Crippen LogP contribution in [0.4, 0.5) is 4.79 Å². The van der Waals surface area contributed by atoms with E-state index in [2.05, 4.69) is 10.6 Å². The highest BCUT2D eigenvalue weighted by Gasteiger charge is 2.28. The van der Waals surface area contributed by atoms with E-state index in [1.54, 1.807) is 20.8 Å². The van der Waals surface area contributed by atoms with E-state index in [-0.39, 0.29) is 12.5 Å². The molecule has 2 amide bonds. The van der Waals surface area contributed by atoms with Crippen LogP contribution < -0.4 is 10.6 Å². The molecule has 0 aromatic heterocycles. The molecule has 24 heavy (non-hydrogen) atoms. The molecule has 0 saturated carbocycles. The molecule has 140 valence electrons. The molecule has 7 heteroatoms. The van der Waals surface area contributed by atoms with Crippen molar-refractivity contribution >= 4 is 12.0 Å². The number of carbonyl (C=O) groups is 2. The van der Waals surface area contributed by atoms with Crippen molar-refractivity contribution in [2.45, 2.75) is 52.7 Å². The van der Waals surface area contributed by atoms with Gasteiger partial charge in [-0.25, -0.2) is 4.79 Å². The van der Waals surface area contributed by atoms with Crippen LogP contribution in [0.1, 0.15) is 43.8 Å². The molecule has 0 radical (unpaired) electrons. The first-order valence-corrected chi connectivity index (χ1v) is 8.55. The summed E-state index contributed by atoms with van der Waals surface area (Å²) in [6.07, 6.45) is -0.0351. The molecule has 1 saturated heterocycles. The van der Waals surface area contributed by atoms with E-state index < -0.39 is 30.1 Å². The van der Waals surface area contributed by atoms with E-state index in [0.717, 1.165) is 0 Å². The smallest absolute Gasteiger partial charge is 0.408 e. The SMILES string of the molecule is [2H]C([2H])(CN1CCOCC1)NC(=O)[C@@H](NC(=O)OC(C)(C)C)[C@@H](C)CC. The molecular formula is C17H33N3O4. The molecule has 2 atom stereocenters. The van der Waals surface area contributed by atoms with Crippen LogP contribution in [-0.2, 0) is 14.3 Å². The second-order valence-corrected chi connectivity index (χ2v) is 7.06. The first kappa shape index (κ1) is 17.5. The van der Waals surface area contributed by atoms with Crippen molar-refractivity contribution in [1.82, 2.24) is 15.5 Å². The highest BCUT2D eigenvalue weighted by molar-refractivity contribution is 5.85. The van der Waals surface area contributed by atoms with Crippen LogP contribution >= 0.6 is 0 Å². The van der Waals surface area contributed by atoms with E-state index in [9.17, 15) is 9.59 Å². The van der Waals surface area contributed by atoms with Crippen molar-refractivity contribution in [1.29, 1.82) is 0 Å². The van der Waals surface area contributed by atoms with Gasteiger partial charge in [0.05, 0.1) is 16.0 Å². The van der Waals surface area contributed by atoms with Gasteiger partial charge in [0.1, 0.15) is 11.6 Å². The van der Waals surface area contributed by atoms with E-state index >= 15 is 0 Å². The number of nitrogens with zero attached hydrogens (tertiary/aromatic N) is 1. The molecule has 1 fully saturated rings. The number of nitrogens with one attached hydrogen (secondary N) is 2. The molecule has 2 N–H and O–H groups in total. The molecule has 0 spiro atoms. The Hall–Kier alpha value is -1.34. The summed E-state index contributed by atoms with van der Waals surface area (Å²) in [5.41, 5.74) is -0.675. The van der Waals surface area contributed by atoms with Crippen LogP contribution in [-0.4, -0.2) is 67.9 Å². The molecule has 0 aromatic rings. The fourth-order valence-electron chi connectivity index (χ4n) is 2.21. The monoisotopic (exact) mass is 345 g/mol. The van der Waals surface area contributed by atoms with Gasteiger partial charge in [-0.1, -0.05) is 20.3 Å². The molecule has 1 heterocycles. The van der Waals surface area contributed by atoms with Crippen molar-refractivity contribution < 1.29 is 21.8 Å². The Morgan fingerprint density at radius 3 is 2.50 bits per heavy atom. The van der Waals surface area contributed by atoms with Crippen LogP contribution in [0.3, 0.4) is 0 Å². The van der Waals surface area contributed by atoms with Gasteiger partial charge in [-0.05, 0) is 26.7 Å². The van der Waals surface area contributed by atoms with Gasteiger partial charge in [-0.2, -0.15) is 0 Å². The van der Waals surface area contributed by atoms with Gasteiger partial charge >= 0.3 is 6.09 Å². The zero-order valence-electron chi connectivity index (χ0n) is 17.5. The highest BCUT2D eigenvalue weighted by Crippen LogP contribution is 2.11. The number of morpholine rings is 1. The van der Waals surface area contributed by atoms with Gasteiger partial charge in [0.2, 0.25) is 5.91 Å². The van der Waals surface area contributed by atoms with E-state index in [4.69, 9.17) is 12.2 Å². The number of rotatable bonds is 7. The standard InChI is InChI=1S/C17H33N3O4/c1-6-13(2)14(19-16(22)24-17(3,4)5)15(21)18-7-8-20-9-11-23-12-10-20/h13-14H,6-12H2,1-5H3,(H,18,21)(H,19,22)/t13-,14-/m0/s1/i7D2. The van der Waals surface area contributed by atoms with Crippen molar-refractivity contribution in [3.05, 3.63) is 0 Å². The Bertz CT molecular complexity index is 477. The predicted octanol–water partition coefficient (Wildman–Crippen LogP) is 1.37. The number of hydrogen-bond donors (Lipinski definition) is 2. The molecular weight excluding hydrogens is 310 g/mol. The summed E-state index contributed by atoms with van der Waals surface area (Å²) < 4.78 is 26.7. The van der Waals surface area contributed by atoms with Crippen LogP contribution in [0.15, 0.2) is 0 Å². The molecule has 1 aliphatic heterocycles. The largest absolute Gasteiger partial charge is 0.444 e. The van der Waals surface area contributed by atoms with Gasteiger partial charge in [-0.15, -0.1) is 0 Å². The zero-order valence-corrected chi connectivity index (χ0v) is 15.5. The van der Waals surface area contributed by atoms with Gasteiger partial charge in [0.15, 0.2) is 0 Å². The molecule has 7 nitrogen and oxygen atoms in total. The number of hydrogen-bond acceptors (Lipinski definition) is 5. The summed E-state index contributed by atoms with van der Waals surface area (Å²) in [7, 11) is 0. The second-order valence-electron chi connectivity index (χ2n) is 7.06. The fourth-order valence-corrected chi connectivity index (χ4v) is 2.21. The third kappa shape index (κ3) is 7.97. The molecule has 0 unspecified atom stereocenters. The lowest BCUT2D eigenvalue weighted by atomic mass is 9.98. The number of ether oxygens (including phenoxy) is 2. The highest BCUT2D eigenvalue weighted by atomic mass is 16.6. The Kier molecular flexibility index (Phi) is 7.16. The quantitative estimate of drug-likeness (QED) is 0.729. The normalized spacial score (nSPS) is 20.4. The maximum absolute atomic E-state index is 12.6. The predicted molar refractivity (Wildman–Crippen MR) is 92.9 cm³/mol. The van der Waals surface area contributed by atoms with Crippen molar-refractivity contribution in [2.24, 2.45) is 5.92 Å². The van der Waals surface area contributed by atoms with Crippen LogP contribution in [0, 0.1) is 5.92 Å². The summed E-state index contributed by atoms with van der Waals surface area (Å²) in [6, 6.07) is -0.866. The summed E-state index contributed by atoms with van der Waals surface area (Å²) in [6.45, 7) is 9.49. The zero-order chi connectivity index (χ0) is 20.0. The number of carbonyl (C=O) groups excluding carboxylic acids is 2. The lowest BCUT2D eigenvalue weighted by Gasteiger charge is -2.28. The number of amides is 2. The van der Waals surface area contributed by atoms with Crippen LogP contribution in [0.2, 0.25) is 0 Å². The lowest BCUT2D eigenvalue weighted by molar-refractivity contribution is -0.124. The maximum atomic E-state index is 12.6. The molecule has 0 aliphatic carbocycles. The lowest BCUT2D eigenvalue weighted by Crippen LogP contribution is -2.52. The summed E-state index contributed by atoms with van der Waals surface area (Å²) in [5, 5.41) is 5.01. The van der Waals surface area contributed by atoms with Gasteiger partial charge in [-0.3, -0.25) is 9.69 Å². The van der Waals surface area contributed by atoms with Crippen LogP contribution in [0.25, 0.3) is 0 Å². The summed E-state index contributed by atoms with van der Waals surface area (Å²) in [4.78, 5) is 26.6. The molecule has 1 aliphatic rings. The van der Waals surface area contributed by atoms with E-state index in [1.807, 2.05) is 18.7 Å². The number of alkyl carbamates (subject to hydrolysis) is 1. The minimum absolute atomic E-state index is 0.0712. The van der Waals surface area contributed by atoms with E-state index in [0.29, 0.717) is 32.7 Å². The maximum Gasteiger partial charge on any atom is 0.408 e. The fraction of sp³-hybridized carbons (Fsp3) is 0.882. The average Bonchev–Trinajstić information content (AvgIpc) is 2.50. The first-order valence-electron chi connectivity index (χ1n) is 9.55. The van der Waals surface area contributed by atoms with Gasteiger partial charge < -0.3 is 20.1 Å². The van der Waals surface area contributed by atoms with Crippen molar-refractivity contribution in [3.63, 3.8) is 0 Å². The minimum atomic E-state index is -1.91. The molecule has 1 rings (SSSR count). The van der Waals surface area contributed by atoms with Gasteiger partial charge in [0, 0.05) is 26.1 Å². The average molecular weight is 345 g/mol. The first-order chi connectivity index (χ1) is 11.9. The Morgan fingerprint density at radius 2 is 1.96 bits per heavy atom. The summed E-state index contributed by atoms with van der Waals surface area (Å²) >= 11 is 0.